The number of halogens is 2. The topological polar surface area (TPSA) is 99.2 Å². The van der Waals surface area contributed by atoms with E-state index >= 15 is 0 Å². The van der Waals surface area contributed by atoms with Crippen LogP contribution in [0.4, 0.5) is 9.18 Å². The van der Waals surface area contributed by atoms with E-state index in [1.807, 2.05) is 0 Å². The molecule has 0 radical (unpaired) electrons. The quantitative estimate of drug-likeness (QED) is 0.701. The molecule has 2 N–H and O–H groups in total. The first-order chi connectivity index (χ1) is 13.8. The van der Waals surface area contributed by atoms with Gasteiger partial charge in [0.15, 0.2) is 0 Å². The van der Waals surface area contributed by atoms with Gasteiger partial charge in [0.25, 0.3) is 5.91 Å². The second-order valence-electron chi connectivity index (χ2n) is 7.73. The average Bonchev–Trinajstić information content (AvgIpc) is 3.22. The second-order valence-corrected chi connectivity index (χ2v) is 8.14. The number of ether oxygens (including phenoxy) is 1. The van der Waals surface area contributed by atoms with Crippen molar-refractivity contribution in [2.45, 2.75) is 25.0 Å². The van der Waals surface area contributed by atoms with Crippen LogP contribution in [-0.4, -0.2) is 71.1 Å². The highest BCUT2D eigenvalue weighted by Gasteiger charge is 2.44. The molecule has 1 aliphatic carbocycles. The number of urea groups is 1. The zero-order chi connectivity index (χ0) is 20.7. The van der Waals surface area contributed by atoms with Crippen molar-refractivity contribution >= 4 is 29.4 Å². The highest BCUT2D eigenvalue weighted by molar-refractivity contribution is 6.30. The van der Waals surface area contributed by atoms with Crippen LogP contribution in [0.15, 0.2) is 18.2 Å². The van der Waals surface area contributed by atoms with Gasteiger partial charge in [-0.2, -0.15) is 0 Å². The first kappa shape index (κ1) is 19.9. The normalized spacial score (nSPS) is 29.1. The molecule has 2 heterocycles. The van der Waals surface area contributed by atoms with Gasteiger partial charge in [0.1, 0.15) is 24.2 Å². The number of likely N-dealkylation sites (tertiary alicyclic amines) is 1. The number of fused-ring (bicyclic) bond motifs is 1. The van der Waals surface area contributed by atoms with E-state index in [9.17, 15) is 23.9 Å². The molecule has 8 nitrogen and oxygen atoms in total. The summed E-state index contributed by atoms with van der Waals surface area (Å²) in [7, 11) is 0. The molecule has 2 saturated heterocycles. The molecule has 1 aromatic carbocycles. The fourth-order valence-corrected chi connectivity index (χ4v) is 4.41. The summed E-state index contributed by atoms with van der Waals surface area (Å²) in [6.45, 7) is 0.561. The lowest BCUT2D eigenvalue weighted by molar-refractivity contribution is -0.135. The van der Waals surface area contributed by atoms with Crippen LogP contribution in [-0.2, 0) is 9.59 Å². The third-order valence-electron chi connectivity index (χ3n) is 5.85. The summed E-state index contributed by atoms with van der Waals surface area (Å²) >= 11 is 5.68. The molecular weight excluding hydrogens is 405 g/mol. The van der Waals surface area contributed by atoms with Gasteiger partial charge in [-0.3, -0.25) is 14.5 Å². The van der Waals surface area contributed by atoms with Gasteiger partial charge >= 0.3 is 6.03 Å². The molecule has 0 unspecified atom stereocenters. The molecule has 0 aromatic heterocycles. The van der Waals surface area contributed by atoms with Crippen LogP contribution in [0.2, 0.25) is 5.02 Å². The molecule has 4 rings (SSSR count). The first-order valence-electron chi connectivity index (χ1n) is 9.47. The maximum atomic E-state index is 13.6. The highest BCUT2D eigenvalue weighted by Crippen LogP contribution is 2.38. The van der Waals surface area contributed by atoms with Gasteiger partial charge in [-0.1, -0.05) is 11.6 Å². The van der Waals surface area contributed by atoms with Gasteiger partial charge in [0, 0.05) is 19.2 Å². The van der Waals surface area contributed by atoms with Gasteiger partial charge in [-0.05, 0) is 36.8 Å². The molecular formula is C19H21ClFN3O5. The summed E-state index contributed by atoms with van der Waals surface area (Å²) in [6, 6.07) is 3.58. The maximum Gasteiger partial charge on any atom is 0.325 e. The third-order valence-corrected chi connectivity index (χ3v) is 6.15. The van der Waals surface area contributed by atoms with Crippen LogP contribution in [0.25, 0.3) is 0 Å². The molecule has 4 amide bonds. The molecule has 1 saturated carbocycles. The molecule has 0 spiro atoms. The molecule has 1 aromatic rings. The van der Waals surface area contributed by atoms with Crippen molar-refractivity contribution in [1.29, 1.82) is 0 Å². The van der Waals surface area contributed by atoms with Crippen LogP contribution in [0.3, 0.4) is 0 Å². The van der Waals surface area contributed by atoms with E-state index in [4.69, 9.17) is 16.3 Å². The predicted molar refractivity (Wildman–Crippen MR) is 99.7 cm³/mol. The maximum absolute atomic E-state index is 13.6. The summed E-state index contributed by atoms with van der Waals surface area (Å²) < 4.78 is 19.4. The summed E-state index contributed by atoms with van der Waals surface area (Å²) in [5, 5.41) is 12.9. The van der Waals surface area contributed by atoms with Crippen molar-refractivity contribution < 1.29 is 28.6 Å². The van der Waals surface area contributed by atoms with Crippen LogP contribution < -0.4 is 10.1 Å². The van der Waals surface area contributed by atoms with E-state index in [0.29, 0.717) is 31.7 Å². The van der Waals surface area contributed by atoms with E-state index < -0.39 is 30.0 Å². The Balaban J connectivity index is 1.37. The highest BCUT2D eigenvalue weighted by atomic mass is 35.5. The number of imide groups is 1. The van der Waals surface area contributed by atoms with Crippen molar-refractivity contribution in [2.75, 3.05) is 26.2 Å². The smallest absolute Gasteiger partial charge is 0.325 e. The monoisotopic (exact) mass is 425 g/mol. The van der Waals surface area contributed by atoms with Gasteiger partial charge in [0.2, 0.25) is 5.91 Å². The minimum absolute atomic E-state index is 0.00304. The van der Waals surface area contributed by atoms with E-state index in [1.54, 1.807) is 11.0 Å². The molecule has 3 aliphatic rings. The summed E-state index contributed by atoms with van der Waals surface area (Å²) in [5.41, 5.74) is 0. The van der Waals surface area contributed by atoms with Gasteiger partial charge in [-0.15, -0.1) is 0 Å². The van der Waals surface area contributed by atoms with E-state index in [1.165, 1.54) is 12.1 Å². The summed E-state index contributed by atoms with van der Waals surface area (Å²) in [5.74, 6) is -0.786. The van der Waals surface area contributed by atoms with Crippen LogP contribution >= 0.6 is 11.6 Å². The van der Waals surface area contributed by atoms with Gasteiger partial charge in [0.05, 0.1) is 17.7 Å². The van der Waals surface area contributed by atoms with Crippen LogP contribution in [0, 0.1) is 17.7 Å². The molecule has 0 bridgehead atoms. The number of amides is 4. The Bertz CT molecular complexity index is 837. The number of aliphatic hydroxyl groups excluding tert-OH is 1. The molecule has 156 valence electrons. The molecule has 4 atom stereocenters. The number of hydrogen-bond acceptors (Lipinski definition) is 5. The number of nitrogens with zero attached hydrogens (tertiary/aromatic N) is 2. The molecule has 2 aliphatic heterocycles. The Kier molecular flexibility index (Phi) is 5.35. The standard InChI is InChI=1S/C19H21ClFN3O5/c20-13-2-1-12(5-14(13)21)29-16-4-11-8-23(7-10(11)3-15(16)25)18(27)9-24-17(26)6-22-19(24)28/h1-2,5,10-11,15-16,25H,3-4,6-9H2,(H,22,28)/t10-,11+,15+,16+/m0/s1. The molecule has 10 heteroatoms. The first-order valence-corrected chi connectivity index (χ1v) is 9.85. The summed E-state index contributed by atoms with van der Waals surface area (Å²) in [4.78, 5) is 38.4. The number of hydrogen-bond donors (Lipinski definition) is 2. The SMILES string of the molecule is O=C(CN1C(=O)CNC1=O)N1C[C@H]2C[C@@H](Oc3ccc(Cl)c(F)c3)[C@H](O)C[C@H]2C1. The van der Waals surface area contributed by atoms with E-state index in [2.05, 4.69) is 5.32 Å². The average molecular weight is 426 g/mol. The molecule has 29 heavy (non-hydrogen) atoms. The Labute approximate surface area is 171 Å². The van der Waals surface area contributed by atoms with Crippen molar-refractivity contribution in [2.24, 2.45) is 11.8 Å². The summed E-state index contributed by atoms with van der Waals surface area (Å²) in [6.07, 6.45) is -0.282. The Morgan fingerprint density at radius 1 is 1.28 bits per heavy atom. The lowest BCUT2D eigenvalue weighted by atomic mass is 9.78. The van der Waals surface area contributed by atoms with Crippen molar-refractivity contribution in [1.82, 2.24) is 15.1 Å². The molecule has 3 fully saturated rings. The van der Waals surface area contributed by atoms with Crippen molar-refractivity contribution in [3.05, 3.63) is 29.0 Å². The van der Waals surface area contributed by atoms with Crippen molar-refractivity contribution in [3.8, 4) is 5.75 Å². The van der Waals surface area contributed by atoms with E-state index in [0.717, 1.165) is 4.90 Å². The zero-order valence-electron chi connectivity index (χ0n) is 15.5. The van der Waals surface area contributed by atoms with Crippen molar-refractivity contribution in [3.63, 3.8) is 0 Å². The Morgan fingerprint density at radius 2 is 2.00 bits per heavy atom. The fraction of sp³-hybridized carbons (Fsp3) is 0.526. The minimum atomic E-state index is -0.740. The lowest BCUT2D eigenvalue weighted by Crippen LogP contribution is -2.42. The van der Waals surface area contributed by atoms with Gasteiger partial charge < -0.3 is 20.1 Å². The second kappa shape index (κ2) is 7.79. The Hall–Kier alpha value is -2.39. The predicted octanol–water partition coefficient (Wildman–Crippen LogP) is 1.01. The van der Waals surface area contributed by atoms with Crippen LogP contribution in [0.1, 0.15) is 12.8 Å². The largest absolute Gasteiger partial charge is 0.488 e. The van der Waals surface area contributed by atoms with Crippen LogP contribution in [0.5, 0.6) is 5.75 Å². The number of aliphatic hydroxyl groups is 1. The minimum Gasteiger partial charge on any atom is -0.488 e. The van der Waals surface area contributed by atoms with Gasteiger partial charge in [-0.25, -0.2) is 9.18 Å². The number of carbonyl (C=O) groups excluding carboxylic acids is 3. The number of rotatable bonds is 4. The number of nitrogens with one attached hydrogen (secondary N) is 1. The fourth-order valence-electron chi connectivity index (χ4n) is 4.30. The zero-order valence-corrected chi connectivity index (χ0v) is 16.3. The number of carbonyl (C=O) groups is 3. The number of benzene rings is 1. The third kappa shape index (κ3) is 4.02. The Morgan fingerprint density at radius 3 is 2.66 bits per heavy atom. The van der Waals surface area contributed by atoms with E-state index in [-0.39, 0.29) is 35.9 Å². The lowest BCUT2D eigenvalue weighted by Gasteiger charge is -2.35.